The van der Waals surface area contributed by atoms with Gasteiger partial charge in [0.1, 0.15) is 0 Å². The smallest absolute Gasteiger partial charge is 0.306 e. The number of hydrogen-bond donors (Lipinski definition) is 0. The van der Waals surface area contributed by atoms with Crippen LogP contribution < -0.4 is 0 Å². The minimum Gasteiger partial charge on any atom is -0.466 e. The number of ketones is 1. The third kappa shape index (κ3) is 18.0. The highest BCUT2D eigenvalue weighted by Gasteiger charge is 2.13. The van der Waals surface area contributed by atoms with E-state index in [1.54, 1.807) is 6.92 Å². The lowest BCUT2D eigenvalue weighted by molar-refractivity contribution is -0.153. The highest BCUT2D eigenvalue weighted by atomic mass is 16.5. The molecule has 1 atom stereocenters. The van der Waals surface area contributed by atoms with Crippen molar-refractivity contribution in [3.05, 3.63) is 0 Å². The Kier molecular flexibility index (Phi) is 18.0. The first kappa shape index (κ1) is 26.6. The molecule has 0 N–H and O–H groups in total. The van der Waals surface area contributed by atoms with Crippen molar-refractivity contribution < 1.29 is 23.9 Å². The Morgan fingerprint density at radius 3 is 1.64 bits per heavy atom. The molecule has 0 aliphatic carbocycles. The number of unbranched alkanes of at least 4 members (excludes halogenated alkanes) is 11. The lowest BCUT2D eigenvalue weighted by atomic mass is 10.1. The Hall–Kier alpha value is -1.39. The summed E-state index contributed by atoms with van der Waals surface area (Å²) in [7, 11) is 0. The van der Waals surface area contributed by atoms with Crippen molar-refractivity contribution in [1.82, 2.24) is 0 Å². The highest BCUT2D eigenvalue weighted by molar-refractivity contribution is 5.83. The molecular formula is C23H42O5. The molecule has 0 bridgehead atoms. The van der Waals surface area contributed by atoms with E-state index in [2.05, 4.69) is 6.92 Å². The second-order valence-electron chi connectivity index (χ2n) is 7.71. The molecule has 0 radical (unpaired) electrons. The molecule has 0 aromatic heterocycles. The number of hydrogen-bond acceptors (Lipinski definition) is 5. The molecule has 5 heteroatoms. The molecule has 0 aliphatic rings. The number of rotatable bonds is 19. The van der Waals surface area contributed by atoms with Gasteiger partial charge >= 0.3 is 11.9 Å². The molecule has 5 nitrogen and oxygen atoms in total. The van der Waals surface area contributed by atoms with Crippen LogP contribution in [0.3, 0.4) is 0 Å². The van der Waals surface area contributed by atoms with Crippen LogP contribution in [0.15, 0.2) is 0 Å². The van der Waals surface area contributed by atoms with Gasteiger partial charge < -0.3 is 9.47 Å². The molecule has 1 unspecified atom stereocenters. The quantitative estimate of drug-likeness (QED) is 0.199. The molecule has 0 aliphatic heterocycles. The fourth-order valence-corrected chi connectivity index (χ4v) is 2.90. The van der Waals surface area contributed by atoms with Crippen molar-refractivity contribution in [3.63, 3.8) is 0 Å². The topological polar surface area (TPSA) is 69.7 Å². The average molecular weight is 399 g/mol. The van der Waals surface area contributed by atoms with E-state index in [9.17, 15) is 14.4 Å². The van der Waals surface area contributed by atoms with Crippen LogP contribution in [0.5, 0.6) is 0 Å². The van der Waals surface area contributed by atoms with Crippen LogP contribution in [-0.4, -0.2) is 30.4 Å². The first-order valence-electron chi connectivity index (χ1n) is 11.3. The second kappa shape index (κ2) is 18.9. The van der Waals surface area contributed by atoms with Crippen molar-refractivity contribution in [1.29, 1.82) is 0 Å². The summed E-state index contributed by atoms with van der Waals surface area (Å²) in [5.74, 6) is -0.756. The Labute approximate surface area is 171 Å². The molecule has 0 rings (SSSR count). The van der Waals surface area contributed by atoms with Gasteiger partial charge in [-0.2, -0.15) is 0 Å². The summed E-state index contributed by atoms with van der Waals surface area (Å²) in [6.07, 6.45) is 15.0. The van der Waals surface area contributed by atoms with Gasteiger partial charge in [-0.25, -0.2) is 0 Å². The molecule has 0 heterocycles. The average Bonchev–Trinajstić information content (AvgIpc) is 2.66. The molecule has 0 saturated carbocycles. The van der Waals surface area contributed by atoms with Gasteiger partial charge in [0.05, 0.1) is 6.61 Å². The Morgan fingerprint density at radius 2 is 1.14 bits per heavy atom. The van der Waals surface area contributed by atoms with Crippen molar-refractivity contribution >= 4 is 17.7 Å². The third-order valence-electron chi connectivity index (χ3n) is 4.90. The maximum atomic E-state index is 11.7. The monoisotopic (exact) mass is 398 g/mol. The fraction of sp³-hybridized carbons (Fsp3) is 0.870. The van der Waals surface area contributed by atoms with E-state index in [-0.39, 0.29) is 18.2 Å². The number of carbonyl (C=O) groups excluding carboxylic acids is 3. The van der Waals surface area contributed by atoms with E-state index in [1.165, 1.54) is 64.7 Å². The first-order valence-corrected chi connectivity index (χ1v) is 11.3. The third-order valence-corrected chi connectivity index (χ3v) is 4.90. The largest absolute Gasteiger partial charge is 0.466 e. The summed E-state index contributed by atoms with van der Waals surface area (Å²) < 4.78 is 10.2. The van der Waals surface area contributed by atoms with Crippen LogP contribution in [0.1, 0.15) is 117 Å². The van der Waals surface area contributed by atoms with Crippen LogP contribution in [0, 0.1) is 0 Å². The fourth-order valence-electron chi connectivity index (χ4n) is 2.90. The molecule has 0 saturated heterocycles. The summed E-state index contributed by atoms with van der Waals surface area (Å²) in [6, 6.07) is 0. The molecule has 0 spiro atoms. The van der Waals surface area contributed by atoms with Gasteiger partial charge in [0.25, 0.3) is 0 Å². The maximum Gasteiger partial charge on any atom is 0.306 e. The molecule has 0 amide bonds. The summed E-state index contributed by atoms with van der Waals surface area (Å²) in [5, 5.41) is 0. The number of ether oxygens (including phenoxy) is 2. The number of Topliss-reactive ketones (excluding diaryl/α,β-unsaturated/α-hetero) is 1. The van der Waals surface area contributed by atoms with Gasteiger partial charge in [0.15, 0.2) is 11.9 Å². The van der Waals surface area contributed by atoms with Crippen molar-refractivity contribution in [2.45, 2.75) is 123 Å². The predicted octanol–water partition coefficient (Wildman–Crippen LogP) is 5.92. The zero-order valence-electron chi connectivity index (χ0n) is 18.4. The molecule has 0 aromatic carbocycles. The van der Waals surface area contributed by atoms with E-state index < -0.39 is 12.1 Å². The van der Waals surface area contributed by atoms with Gasteiger partial charge in [-0.15, -0.1) is 0 Å². The zero-order valence-corrected chi connectivity index (χ0v) is 18.4. The van der Waals surface area contributed by atoms with E-state index in [0.717, 1.165) is 12.8 Å². The summed E-state index contributed by atoms with van der Waals surface area (Å²) in [4.78, 5) is 34.2. The Morgan fingerprint density at radius 1 is 0.679 bits per heavy atom. The summed E-state index contributed by atoms with van der Waals surface area (Å²) in [6.45, 7) is 5.69. The van der Waals surface area contributed by atoms with E-state index >= 15 is 0 Å². The first-order chi connectivity index (χ1) is 13.5. The van der Waals surface area contributed by atoms with Crippen molar-refractivity contribution in [2.75, 3.05) is 6.61 Å². The van der Waals surface area contributed by atoms with Crippen LogP contribution in [-0.2, 0) is 23.9 Å². The molecule has 0 fully saturated rings. The van der Waals surface area contributed by atoms with Gasteiger partial charge in [-0.3, -0.25) is 14.4 Å². The van der Waals surface area contributed by atoms with E-state index in [0.29, 0.717) is 25.9 Å². The minimum atomic E-state index is -0.691. The minimum absolute atomic E-state index is 0.167. The van der Waals surface area contributed by atoms with Gasteiger partial charge in [-0.1, -0.05) is 71.1 Å². The van der Waals surface area contributed by atoms with Crippen molar-refractivity contribution in [2.24, 2.45) is 0 Å². The second-order valence-corrected chi connectivity index (χ2v) is 7.71. The van der Waals surface area contributed by atoms with Crippen LogP contribution >= 0.6 is 0 Å². The summed E-state index contributed by atoms with van der Waals surface area (Å²) in [5.41, 5.74) is 0. The Balaban J connectivity index is 3.35. The van der Waals surface area contributed by atoms with Crippen LogP contribution in [0.4, 0.5) is 0 Å². The zero-order chi connectivity index (χ0) is 21.0. The molecule has 164 valence electrons. The standard InChI is InChI=1S/C23H42O5/c1-4-5-6-7-8-9-10-11-12-13-16-19-27-22(25)17-14-15-18-23(26)28-21(3)20(2)24/h21H,4-19H2,1-3H3. The number of carbonyl (C=O) groups is 3. The lowest BCUT2D eigenvalue weighted by Gasteiger charge is -2.09. The van der Waals surface area contributed by atoms with Crippen molar-refractivity contribution in [3.8, 4) is 0 Å². The predicted molar refractivity (Wildman–Crippen MR) is 112 cm³/mol. The van der Waals surface area contributed by atoms with E-state index in [4.69, 9.17) is 9.47 Å². The normalized spacial score (nSPS) is 11.8. The molecular weight excluding hydrogens is 356 g/mol. The molecule has 0 aromatic rings. The van der Waals surface area contributed by atoms with Gasteiger partial charge in [0.2, 0.25) is 0 Å². The molecule has 28 heavy (non-hydrogen) atoms. The number of esters is 2. The Bertz CT molecular complexity index is 419. The lowest BCUT2D eigenvalue weighted by Crippen LogP contribution is -2.21. The van der Waals surface area contributed by atoms with Gasteiger partial charge in [-0.05, 0) is 33.1 Å². The van der Waals surface area contributed by atoms with Crippen LogP contribution in [0.2, 0.25) is 0 Å². The van der Waals surface area contributed by atoms with E-state index in [1.807, 2.05) is 0 Å². The van der Waals surface area contributed by atoms with Gasteiger partial charge in [0, 0.05) is 12.8 Å². The summed E-state index contributed by atoms with van der Waals surface area (Å²) >= 11 is 0. The highest BCUT2D eigenvalue weighted by Crippen LogP contribution is 2.11. The van der Waals surface area contributed by atoms with Crippen LogP contribution in [0.25, 0.3) is 0 Å². The maximum absolute atomic E-state index is 11.7. The SMILES string of the molecule is CCCCCCCCCCCCCOC(=O)CCCCC(=O)OC(C)C(C)=O.